The lowest BCUT2D eigenvalue weighted by Gasteiger charge is -2.20. The van der Waals surface area contributed by atoms with E-state index in [2.05, 4.69) is 18.9 Å². The van der Waals surface area contributed by atoms with Crippen molar-refractivity contribution in [2.75, 3.05) is 39.0 Å². The number of nitrogens with two attached hydrogens (primary N) is 1. The zero-order valence-electron chi connectivity index (χ0n) is 11.8. The van der Waals surface area contributed by atoms with Crippen LogP contribution in [0.25, 0.3) is 0 Å². The first-order chi connectivity index (χ1) is 9.11. The third-order valence-corrected chi connectivity index (χ3v) is 3.87. The molecule has 4 heteroatoms. The number of likely N-dealkylation sites (tertiary alicyclic amines) is 1. The molecular weight excluding hydrogens is 238 g/mol. The smallest absolute Gasteiger partial charge is 0.255 e. The largest absolute Gasteiger partial charge is 0.398 e. The van der Waals surface area contributed by atoms with Gasteiger partial charge in [-0.1, -0.05) is 19.1 Å². The van der Waals surface area contributed by atoms with Crippen LogP contribution in [0.1, 0.15) is 23.7 Å². The Bertz CT molecular complexity index is 447. The van der Waals surface area contributed by atoms with E-state index in [1.54, 1.807) is 6.07 Å². The third-order valence-electron chi connectivity index (χ3n) is 3.87. The average Bonchev–Trinajstić information content (AvgIpc) is 2.87. The number of amides is 1. The van der Waals surface area contributed by atoms with Crippen molar-refractivity contribution in [2.45, 2.75) is 13.3 Å². The van der Waals surface area contributed by atoms with E-state index in [-0.39, 0.29) is 5.91 Å². The van der Waals surface area contributed by atoms with Crippen LogP contribution in [0.4, 0.5) is 5.69 Å². The number of para-hydroxylation sites is 1. The minimum Gasteiger partial charge on any atom is -0.398 e. The van der Waals surface area contributed by atoms with Crippen molar-refractivity contribution in [2.24, 2.45) is 5.92 Å². The first kappa shape index (κ1) is 13.9. The standard InChI is InChI=1S/C15H23N3O/c1-3-17(2)10-12-8-9-18(11-12)15(19)13-6-4-5-7-14(13)16/h4-7,12H,3,8-11,16H2,1-2H3. The third kappa shape index (κ3) is 3.26. The number of hydrogen-bond donors (Lipinski definition) is 1. The van der Waals surface area contributed by atoms with Gasteiger partial charge in [0.25, 0.3) is 5.91 Å². The number of hydrogen-bond acceptors (Lipinski definition) is 3. The highest BCUT2D eigenvalue weighted by atomic mass is 16.2. The van der Waals surface area contributed by atoms with Crippen LogP contribution >= 0.6 is 0 Å². The van der Waals surface area contributed by atoms with Crippen LogP contribution in [0.2, 0.25) is 0 Å². The Balaban J connectivity index is 1.97. The average molecular weight is 261 g/mol. The number of nitrogens with zero attached hydrogens (tertiary/aromatic N) is 2. The lowest BCUT2D eigenvalue weighted by molar-refractivity contribution is 0.0785. The molecule has 0 bridgehead atoms. The molecule has 4 nitrogen and oxygen atoms in total. The van der Waals surface area contributed by atoms with E-state index in [1.807, 2.05) is 23.1 Å². The highest BCUT2D eigenvalue weighted by molar-refractivity contribution is 5.99. The highest BCUT2D eigenvalue weighted by Crippen LogP contribution is 2.21. The number of rotatable bonds is 4. The van der Waals surface area contributed by atoms with Crippen molar-refractivity contribution in [3.8, 4) is 0 Å². The second-order valence-corrected chi connectivity index (χ2v) is 5.35. The van der Waals surface area contributed by atoms with E-state index < -0.39 is 0 Å². The second kappa shape index (κ2) is 6.06. The molecular formula is C15H23N3O. The minimum absolute atomic E-state index is 0.0692. The first-order valence-electron chi connectivity index (χ1n) is 6.94. The molecule has 0 spiro atoms. The molecule has 2 rings (SSSR count). The van der Waals surface area contributed by atoms with E-state index in [0.29, 0.717) is 17.2 Å². The van der Waals surface area contributed by atoms with Gasteiger partial charge in [0.05, 0.1) is 5.56 Å². The molecule has 1 unspecified atom stereocenters. The number of carbonyl (C=O) groups is 1. The molecule has 2 N–H and O–H groups in total. The molecule has 1 fully saturated rings. The second-order valence-electron chi connectivity index (χ2n) is 5.35. The molecule has 1 saturated heterocycles. The van der Waals surface area contributed by atoms with E-state index in [4.69, 9.17) is 5.73 Å². The lowest BCUT2D eigenvalue weighted by Crippen LogP contribution is -2.32. The van der Waals surface area contributed by atoms with Crippen LogP contribution < -0.4 is 5.73 Å². The Morgan fingerprint density at radius 2 is 2.21 bits per heavy atom. The Labute approximate surface area is 115 Å². The molecule has 1 aliphatic heterocycles. The van der Waals surface area contributed by atoms with Crippen LogP contribution in [0.15, 0.2) is 24.3 Å². The van der Waals surface area contributed by atoms with Gasteiger partial charge >= 0.3 is 0 Å². The summed E-state index contributed by atoms with van der Waals surface area (Å²) in [6.07, 6.45) is 1.09. The van der Waals surface area contributed by atoms with Gasteiger partial charge in [-0.3, -0.25) is 4.79 Å². The molecule has 0 radical (unpaired) electrons. The van der Waals surface area contributed by atoms with Gasteiger partial charge in [0.2, 0.25) is 0 Å². The summed E-state index contributed by atoms with van der Waals surface area (Å²) in [7, 11) is 2.12. The van der Waals surface area contributed by atoms with Gasteiger partial charge in [-0.25, -0.2) is 0 Å². The molecule has 0 aromatic heterocycles. The molecule has 1 atom stereocenters. The summed E-state index contributed by atoms with van der Waals surface area (Å²) in [6.45, 7) is 5.95. The van der Waals surface area contributed by atoms with Gasteiger partial charge in [-0.05, 0) is 38.1 Å². The summed E-state index contributed by atoms with van der Waals surface area (Å²) in [5.41, 5.74) is 7.07. The zero-order valence-corrected chi connectivity index (χ0v) is 11.8. The minimum atomic E-state index is 0.0692. The van der Waals surface area contributed by atoms with Crippen molar-refractivity contribution in [3.63, 3.8) is 0 Å². The maximum atomic E-state index is 12.4. The quantitative estimate of drug-likeness (QED) is 0.839. The monoisotopic (exact) mass is 261 g/mol. The summed E-state index contributed by atoms with van der Waals surface area (Å²) in [4.78, 5) is 16.6. The molecule has 0 saturated carbocycles. The zero-order chi connectivity index (χ0) is 13.8. The van der Waals surface area contributed by atoms with Gasteiger partial charge in [0, 0.05) is 25.3 Å². The summed E-state index contributed by atoms with van der Waals surface area (Å²) in [6, 6.07) is 7.31. The Morgan fingerprint density at radius 1 is 1.47 bits per heavy atom. The Hall–Kier alpha value is -1.55. The van der Waals surface area contributed by atoms with Gasteiger partial charge in [0.1, 0.15) is 0 Å². The van der Waals surface area contributed by atoms with E-state index in [9.17, 15) is 4.79 Å². The fraction of sp³-hybridized carbons (Fsp3) is 0.533. The van der Waals surface area contributed by atoms with Crippen molar-refractivity contribution in [3.05, 3.63) is 29.8 Å². The number of carbonyl (C=O) groups excluding carboxylic acids is 1. The summed E-state index contributed by atoms with van der Waals surface area (Å²) in [5, 5.41) is 0. The molecule has 1 aromatic rings. The molecule has 0 aliphatic carbocycles. The number of anilines is 1. The summed E-state index contributed by atoms with van der Waals surface area (Å²) >= 11 is 0. The predicted molar refractivity (Wildman–Crippen MR) is 78.0 cm³/mol. The van der Waals surface area contributed by atoms with Crippen LogP contribution in [0.5, 0.6) is 0 Å². The van der Waals surface area contributed by atoms with Crippen molar-refractivity contribution in [1.29, 1.82) is 0 Å². The predicted octanol–water partition coefficient (Wildman–Crippen LogP) is 1.68. The van der Waals surface area contributed by atoms with Crippen molar-refractivity contribution >= 4 is 11.6 Å². The first-order valence-corrected chi connectivity index (χ1v) is 6.94. The topological polar surface area (TPSA) is 49.6 Å². The maximum Gasteiger partial charge on any atom is 0.255 e. The maximum absolute atomic E-state index is 12.4. The van der Waals surface area contributed by atoms with Gasteiger partial charge in [0.15, 0.2) is 0 Å². The van der Waals surface area contributed by atoms with Gasteiger partial charge < -0.3 is 15.5 Å². The SMILES string of the molecule is CCN(C)CC1CCN(C(=O)c2ccccc2N)C1. The van der Waals surface area contributed by atoms with Crippen molar-refractivity contribution < 1.29 is 4.79 Å². The fourth-order valence-electron chi connectivity index (χ4n) is 2.60. The number of benzene rings is 1. The number of nitrogen functional groups attached to an aromatic ring is 1. The molecule has 1 aliphatic rings. The van der Waals surface area contributed by atoms with E-state index in [0.717, 1.165) is 32.6 Å². The van der Waals surface area contributed by atoms with Crippen molar-refractivity contribution in [1.82, 2.24) is 9.80 Å². The van der Waals surface area contributed by atoms with Crippen LogP contribution in [-0.4, -0.2) is 48.9 Å². The normalized spacial score (nSPS) is 19.1. The Kier molecular flexibility index (Phi) is 4.43. The fourth-order valence-corrected chi connectivity index (χ4v) is 2.60. The summed E-state index contributed by atoms with van der Waals surface area (Å²) in [5.74, 6) is 0.651. The van der Waals surface area contributed by atoms with E-state index >= 15 is 0 Å². The van der Waals surface area contributed by atoms with Gasteiger partial charge in [-0.2, -0.15) is 0 Å². The molecule has 1 heterocycles. The Morgan fingerprint density at radius 3 is 2.89 bits per heavy atom. The highest BCUT2D eigenvalue weighted by Gasteiger charge is 2.28. The molecule has 1 aromatic carbocycles. The van der Waals surface area contributed by atoms with E-state index in [1.165, 1.54) is 0 Å². The lowest BCUT2D eigenvalue weighted by atomic mass is 10.1. The molecule has 104 valence electrons. The molecule has 1 amide bonds. The van der Waals surface area contributed by atoms with Crippen LogP contribution in [-0.2, 0) is 0 Å². The van der Waals surface area contributed by atoms with Crippen LogP contribution in [0.3, 0.4) is 0 Å². The van der Waals surface area contributed by atoms with Gasteiger partial charge in [-0.15, -0.1) is 0 Å². The van der Waals surface area contributed by atoms with Crippen LogP contribution in [0, 0.1) is 5.92 Å². The summed E-state index contributed by atoms with van der Waals surface area (Å²) < 4.78 is 0. The molecule has 19 heavy (non-hydrogen) atoms.